The summed E-state index contributed by atoms with van der Waals surface area (Å²) in [7, 11) is 1.53. The number of methoxy groups -OCH3 is 1. The molecule has 1 N–H and O–H groups in total. The van der Waals surface area contributed by atoms with Gasteiger partial charge in [-0.05, 0) is 18.3 Å². The molecule has 0 amide bonds. The third-order valence-electron chi connectivity index (χ3n) is 2.62. The first kappa shape index (κ1) is 14.6. The number of hydrogen-bond acceptors (Lipinski definition) is 4. The maximum atomic E-state index is 11.0. The molecule has 0 unspecified atom stereocenters. The number of nitrogens with zero attached hydrogens (tertiary/aromatic N) is 3. The lowest BCUT2D eigenvalue weighted by Crippen LogP contribution is -2.12. The second-order valence-corrected chi connectivity index (χ2v) is 5.51. The standard InChI is InChI=1S/C12H21N3O3/c1-12(2,3)6-5-7-15-9(8-18-4)10(11(16)17)13-14-15/h5-8H2,1-4H3,(H,16,17). The first-order chi connectivity index (χ1) is 8.35. The van der Waals surface area contributed by atoms with Crippen LogP contribution in [0.15, 0.2) is 0 Å². The highest BCUT2D eigenvalue weighted by atomic mass is 16.5. The Hall–Kier alpha value is -1.43. The maximum Gasteiger partial charge on any atom is 0.358 e. The highest BCUT2D eigenvalue weighted by Crippen LogP contribution is 2.21. The van der Waals surface area contributed by atoms with E-state index in [2.05, 4.69) is 31.1 Å². The average molecular weight is 255 g/mol. The molecule has 0 aliphatic rings. The summed E-state index contributed by atoms with van der Waals surface area (Å²) in [5.41, 5.74) is 0.768. The summed E-state index contributed by atoms with van der Waals surface area (Å²) in [6.07, 6.45) is 1.98. The first-order valence-corrected chi connectivity index (χ1v) is 6.00. The van der Waals surface area contributed by atoms with E-state index in [0.29, 0.717) is 12.2 Å². The lowest BCUT2D eigenvalue weighted by atomic mass is 9.91. The molecule has 0 bridgehead atoms. The van der Waals surface area contributed by atoms with E-state index in [1.54, 1.807) is 4.68 Å². The van der Waals surface area contributed by atoms with Crippen molar-refractivity contribution in [3.8, 4) is 0 Å². The number of aryl methyl sites for hydroxylation is 1. The van der Waals surface area contributed by atoms with Crippen molar-refractivity contribution >= 4 is 5.97 Å². The Balaban J connectivity index is 2.73. The van der Waals surface area contributed by atoms with E-state index >= 15 is 0 Å². The van der Waals surface area contributed by atoms with Crippen molar-refractivity contribution in [2.45, 2.75) is 46.8 Å². The third kappa shape index (κ3) is 4.10. The van der Waals surface area contributed by atoms with Crippen LogP contribution in [0.3, 0.4) is 0 Å². The van der Waals surface area contributed by atoms with Gasteiger partial charge >= 0.3 is 5.97 Å². The second kappa shape index (κ2) is 5.95. The van der Waals surface area contributed by atoms with Gasteiger partial charge in [-0.1, -0.05) is 26.0 Å². The van der Waals surface area contributed by atoms with Gasteiger partial charge in [0.25, 0.3) is 0 Å². The number of carboxylic acids is 1. The Kier molecular flexibility index (Phi) is 4.84. The van der Waals surface area contributed by atoms with Gasteiger partial charge in [0.1, 0.15) is 0 Å². The second-order valence-electron chi connectivity index (χ2n) is 5.51. The molecular weight excluding hydrogens is 234 g/mol. The zero-order valence-electron chi connectivity index (χ0n) is 11.4. The van der Waals surface area contributed by atoms with Gasteiger partial charge in [-0.25, -0.2) is 9.48 Å². The van der Waals surface area contributed by atoms with E-state index in [-0.39, 0.29) is 17.7 Å². The van der Waals surface area contributed by atoms with Crippen molar-refractivity contribution in [1.82, 2.24) is 15.0 Å². The van der Waals surface area contributed by atoms with E-state index in [9.17, 15) is 4.79 Å². The fourth-order valence-electron chi connectivity index (χ4n) is 1.72. The Bertz CT molecular complexity index is 407. The van der Waals surface area contributed by atoms with Crippen molar-refractivity contribution < 1.29 is 14.6 Å². The van der Waals surface area contributed by atoms with Crippen LogP contribution in [-0.2, 0) is 17.9 Å². The molecule has 0 saturated carbocycles. The highest BCUT2D eigenvalue weighted by Gasteiger charge is 2.19. The van der Waals surface area contributed by atoms with Crippen LogP contribution in [0.1, 0.15) is 49.8 Å². The summed E-state index contributed by atoms with van der Waals surface area (Å²) in [5, 5.41) is 16.6. The lowest BCUT2D eigenvalue weighted by molar-refractivity contribution is 0.0684. The van der Waals surface area contributed by atoms with Crippen LogP contribution in [-0.4, -0.2) is 33.2 Å². The largest absolute Gasteiger partial charge is 0.476 e. The number of ether oxygens (including phenoxy) is 1. The SMILES string of the molecule is COCc1c(C(=O)O)nnn1CCCC(C)(C)C. The molecule has 0 aromatic carbocycles. The number of carbonyl (C=O) groups is 1. The van der Waals surface area contributed by atoms with Gasteiger partial charge < -0.3 is 9.84 Å². The number of aromatic carboxylic acids is 1. The summed E-state index contributed by atoms with van der Waals surface area (Å²) >= 11 is 0. The summed E-state index contributed by atoms with van der Waals surface area (Å²) < 4.78 is 6.62. The smallest absolute Gasteiger partial charge is 0.358 e. The highest BCUT2D eigenvalue weighted by molar-refractivity contribution is 5.86. The number of carboxylic acid groups (broad SMARTS) is 1. The van der Waals surface area contributed by atoms with Crippen molar-refractivity contribution in [1.29, 1.82) is 0 Å². The maximum absolute atomic E-state index is 11.0. The molecule has 0 atom stereocenters. The molecule has 0 aliphatic carbocycles. The van der Waals surface area contributed by atoms with E-state index in [1.807, 2.05) is 0 Å². The minimum atomic E-state index is -1.07. The Morgan fingerprint density at radius 2 is 2.11 bits per heavy atom. The summed E-state index contributed by atoms with van der Waals surface area (Å²) in [4.78, 5) is 11.0. The summed E-state index contributed by atoms with van der Waals surface area (Å²) in [5.74, 6) is -1.07. The Morgan fingerprint density at radius 3 is 2.61 bits per heavy atom. The Morgan fingerprint density at radius 1 is 1.44 bits per heavy atom. The van der Waals surface area contributed by atoms with Crippen LogP contribution in [0.25, 0.3) is 0 Å². The van der Waals surface area contributed by atoms with Crippen LogP contribution < -0.4 is 0 Å². The molecule has 0 fully saturated rings. The topological polar surface area (TPSA) is 77.2 Å². The molecule has 1 rings (SSSR count). The molecular formula is C12H21N3O3. The van der Waals surface area contributed by atoms with Crippen molar-refractivity contribution in [2.24, 2.45) is 5.41 Å². The normalized spacial score (nSPS) is 11.8. The number of hydrogen-bond donors (Lipinski definition) is 1. The zero-order chi connectivity index (χ0) is 13.8. The predicted octanol–water partition coefficient (Wildman–Crippen LogP) is 1.95. The molecule has 0 saturated heterocycles. The fourth-order valence-corrected chi connectivity index (χ4v) is 1.72. The van der Waals surface area contributed by atoms with Gasteiger partial charge in [0.05, 0.1) is 12.3 Å². The van der Waals surface area contributed by atoms with Gasteiger partial charge in [0, 0.05) is 13.7 Å². The van der Waals surface area contributed by atoms with E-state index in [4.69, 9.17) is 9.84 Å². The number of aromatic nitrogens is 3. The van der Waals surface area contributed by atoms with Gasteiger partial charge in [-0.3, -0.25) is 0 Å². The van der Waals surface area contributed by atoms with Crippen LogP contribution in [0.2, 0.25) is 0 Å². The summed E-state index contributed by atoms with van der Waals surface area (Å²) in [6, 6.07) is 0. The van der Waals surface area contributed by atoms with E-state index in [1.165, 1.54) is 7.11 Å². The minimum Gasteiger partial charge on any atom is -0.476 e. The van der Waals surface area contributed by atoms with Gasteiger partial charge in [0.2, 0.25) is 0 Å². The van der Waals surface area contributed by atoms with Crippen LogP contribution in [0.5, 0.6) is 0 Å². The lowest BCUT2D eigenvalue weighted by Gasteiger charge is -2.17. The molecule has 0 aliphatic heterocycles. The molecule has 1 heterocycles. The van der Waals surface area contributed by atoms with E-state index in [0.717, 1.165) is 12.8 Å². The molecule has 6 heteroatoms. The molecule has 18 heavy (non-hydrogen) atoms. The molecule has 0 radical (unpaired) electrons. The molecule has 102 valence electrons. The minimum absolute atomic E-state index is 0.0207. The molecule has 0 spiro atoms. The summed E-state index contributed by atoms with van der Waals surface area (Å²) in [6.45, 7) is 7.40. The molecule has 6 nitrogen and oxygen atoms in total. The first-order valence-electron chi connectivity index (χ1n) is 6.00. The quantitative estimate of drug-likeness (QED) is 0.840. The monoisotopic (exact) mass is 255 g/mol. The Labute approximate surface area is 107 Å². The van der Waals surface area contributed by atoms with Crippen LogP contribution in [0.4, 0.5) is 0 Å². The van der Waals surface area contributed by atoms with Gasteiger partial charge in [-0.15, -0.1) is 5.10 Å². The predicted molar refractivity (Wildman–Crippen MR) is 66.4 cm³/mol. The van der Waals surface area contributed by atoms with E-state index < -0.39 is 5.97 Å². The van der Waals surface area contributed by atoms with Crippen molar-refractivity contribution in [2.75, 3.05) is 7.11 Å². The van der Waals surface area contributed by atoms with Crippen molar-refractivity contribution in [3.05, 3.63) is 11.4 Å². The zero-order valence-corrected chi connectivity index (χ0v) is 11.4. The van der Waals surface area contributed by atoms with Gasteiger partial charge in [0.15, 0.2) is 5.69 Å². The van der Waals surface area contributed by atoms with Crippen molar-refractivity contribution in [3.63, 3.8) is 0 Å². The number of rotatable bonds is 6. The average Bonchev–Trinajstić information content (AvgIpc) is 2.60. The molecule has 1 aromatic rings. The molecule has 1 aromatic heterocycles. The van der Waals surface area contributed by atoms with Crippen LogP contribution >= 0.6 is 0 Å². The third-order valence-corrected chi connectivity index (χ3v) is 2.62. The van der Waals surface area contributed by atoms with Gasteiger partial charge in [-0.2, -0.15) is 0 Å². The van der Waals surface area contributed by atoms with Crippen LogP contribution in [0, 0.1) is 5.41 Å². The fraction of sp³-hybridized carbons (Fsp3) is 0.750.